The van der Waals surface area contributed by atoms with Crippen molar-refractivity contribution in [2.75, 3.05) is 33.3 Å². The molecule has 2 aromatic rings. The van der Waals surface area contributed by atoms with Crippen molar-refractivity contribution in [2.45, 2.75) is 38.5 Å². The van der Waals surface area contributed by atoms with E-state index in [9.17, 15) is 9.59 Å². The molecule has 2 heterocycles. The standard InChI is InChI=1S/C22H29ClN4O3/c1-26-10-2-3-11-27(21(28)7-4-6-17-15-24-25-16-17)12-5-13-30-20-9-8-18(23)14-19(20)22(26)29/h8-9,14-16H,2-7,10-13H2,1H3,(H,24,25). The SMILES string of the molecule is CN1CCCCN(C(=O)CCCc2cn[nH]c2)CCCOc2ccc(Cl)cc2C1=O. The maximum Gasteiger partial charge on any atom is 0.257 e. The number of hydrogen-bond acceptors (Lipinski definition) is 4. The first kappa shape index (κ1) is 22.2. The fraction of sp³-hybridized carbons (Fsp3) is 0.500. The van der Waals surface area contributed by atoms with Crippen LogP contribution in [-0.2, 0) is 11.2 Å². The Morgan fingerprint density at radius 2 is 2.03 bits per heavy atom. The van der Waals surface area contributed by atoms with Crippen molar-refractivity contribution in [3.63, 3.8) is 0 Å². The Morgan fingerprint density at radius 3 is 2.83 bits per heavy atom. The van der Waals surface area contributed by atoms with Gasteiger partial charge in [0, 0.05) is 44.3 Å². The Balaban J connectivity index is 1.60. The molecule has 0 saturated carbocycles. The normalized spacial score (nSPS) is 16.1. The number of aromatic amines is 1. The second-order valence-electron chi connectivity index (χ2n) is 7.62. The van der Waals surface area contributed by atoms with Gasteiger partial charge in [-0.15, -0.1) is 0 Å². The minimum absolute atomic E-state index is 0.0982. The molecule has 1 N–H and O–H groups in total. The van der Waals surface area contributed by atoms with Gasteiger partial charge in [-0.25, -0.2) is 0 Å². The molecular formula is C22H29ClN4O3. The van der Waals surface area contributed by atoms with Gasteiger partial charge in [0.15, 0.2) is 0 Å². The zero-order chi connectivity index (χ0) is 21.3. The Labute approximate surface area is 182 Å². The quantitative estimate of drug-likeness (QED) is 0.801. The lowest BCUT2D eigenvalue weighted by atomic mass is 10.1. The molecule has 3 rings (SSSR count). The number of carbonyl (C=O) groups excluding carboxylic acids is 2. The van der Waals surface area contributed by atoms with Gasteiger partial charge >= 0.3 is 0 Å². The highest BCUT2D eigenvalue weighted by molar-refractivity contribution is 6.31. The molecule has 0 atom stereocenters. The minimum Gasteiger partial charge on any atom is -0.493 e. The summed E-state index contributed by atoms with van der Waals surface area (Å²) in [5, 5.41) is 7.25. The number of nitrogens with zero attached hydrogens (tertiary/aromatic N) is 3. The van der Waals surface area contributed by atoms with Crippen LogP contribution < -0.4 is 4.74 Å². The van der Waals surface area contributed by atoms with Gasteiger partial charge in [-0.05, 0) is 55.9 Å². The van der Waals surface area contributed by atoms with Crippen LogP contribution in [0.2, 0.25) is 5.02 Å². The number of halogens is 1. The molecule has 8 heteroatoms. The third-order valence-electron chi connectivity index (χ3n) is 5.28. The van der Waals surface area contributed by atoms with E-state index in [1.807, 2.05) is 11.1 Å². The van der Waals surface area contributed by atoms with Crippen molar-refractivity contribution >= 4 is 23.4 Å². The zero-order valence-corrected chi connectivity index (χ0v) is 18.2. The number of rotatable bonds is 4. The van der Waals surface area contributed by atoms with Gasteiger partial charge in [-0.2, -0.15) is 5.10 Å². The second kappa shape index (κ2) is 11.0. The number of amides is 2. The van der Waals surface area contributed by atoms with Crippen LogP contribution in [0.5, 0.6) is 5.75 Å². The molecule has 0 fully saturated rings. The maximum absolute atomic E-state index is 12.8. The van der Waals surface area contributed by atoms with Crippen LogP contribution in [0.15, 0.2) is 30.6 Å². The highest BCUT2D eigenvalue weighted by atomic mass is 35.5. The van der Waals surface area contributed by atoms with E-state index in [0.29, 0.717) is 55.4 Å². The number of benzene rings is 1. The summed E-state index contributed by atoms with van der Waals surface area (Å²) in [6.07, 6.45) is 8.22. The first-order chi connectivity index (χ1) is 14.5. The Hall–Kier alpha value is -2.54. The number of nitrogens with one attached hydrogen (secondary N) is 1. The lowest BCUT2D eigenvalue weighted by Gasteiger charge is -2.23. The summed E-state index contributed by atoms with van der Waals surface area (Å²) in [5.41, 5.74) is 1.60. The van der Waals surface area contributed by atoms with Gasteiger partial charge in [0.05, 0.1) is 18.4 Å². The summed E-state index contributed by atoms with van der Waals surface area (Å²) in [4.78, 5) is 29.2. The highest BCUT2D eigenvalue weighted by Crippen LogP contribution is 2.25. The summed E-state index contributed by atoms with van der Waals surface area (Å²) < 4.78 is 5.88. The molecule has 0 saturated heterocycles. The molecule has 1 aliphatic heterocycles. The van der Waals surface area contributed by atoms with Crippen molar-refractivity contribution in [1.29, 1.82) is 0 Å². The third kappa shape index (κ3) is 6.23. The molecule has 30 heavy (non-hydrogen) atoms. The Morgan fingerprint density at radius 1 is 1.23 bits per heavy atom. The molecule has 1 aromatic heterocycles. The Kier molecular flexibility index (Phi) is 8.13. The fourth-order valence-electron chi connectivity index (χ4n) is 3.57. The molecule has 0 bridgehead atoms. The molecule has 1 aromatic carbocycles. The second-order valence-corrected chi connectivity index (χ2v) is 8.05. The predicted molar refractivity (Wildman–Crippen MR) is 116 cm³/mol. The molecule has 162 valence electrons. The van der Waals surface area contributed by atoms with Crippen LogP contribution in [0, 0.1) is 0 Å². The van der Waals surface area contributed by atoms with Gasteiger partial charge < -0.3 is 14.5 Å². The first-order valence-corrected chi connectivity index (χ1v) is 10.9. The molecule has 0 spiro atoms. The van der Waals surface area contributed by atoms with Crippen LogP contribution in [0.3, 0.4) is 0 Å². The van der Waals surface area contributed by atoms with Gasteiger partial charge in [0.25, 0.3) is 5.91 Å². The van der Waals surface area contributed by atoms with E-state index in [-0.39, 0.29) is 11.8 Å². The molecule has 1 aliphatic rings. The number of ether oxygens (including phenoxy) is 1. The minimum atomic E-state index is -0.0982. The van der Waals surface area contributed by atoms with Gasteiger partial charge in [0.1, 0.15) is 5.75 Å². The molecule has 0 unspecified atom stereocenters. The Bertz CT molecular complexity index is 841. The van der Waals surface area contributed by atoms with Crippen molar-refractivity contribution in [2.24, 2.45) is 0 Å². The van der Waals surface area contributed by atoms with Crippen LogP contribution in [0.1, 0.15) is 48.0 Å². The van der Waals surface area contributed by atoms with Gasteiger partial charge in [0.2, 0.25) is 5.91 Å². The monoisotopic (exact) mass is 432 g/mol. The van der Waals surface area contributed by atoms with Crippen molar-refractivity contribution < 1.29 is 14.3 Å². The largest absolute Gasteiger partial charge is 0.493 e. The fourth-order valence-corrected chi connectivity index (χ4v) is 3.74. The number of hydrogen-bond donors (Lipinski definition) is 1. The van der Waals surface area contributed by atoms with E-state index >= 15 is 0 Å². The average molecular weight is 433 g/mol. The molecular weight excluding hydrogens is 404 g/mol. The number of carbonyl (C=O) groups is 2. The van der Waals surface area contributed by atoms with E-state index in [4.69, 9.17) is 16.3 Å². The molecule has 0 radical (unpaired) electrons. The van der Waals surface area contributed by atoms with Crippen molar-refractivity contribution in [3.8, 4) is 5.75 Å². The summed E-state index contributed by atoms with van der Waals surface area (Å²) >= 11 is 6.09. The number of H-pyrrole nitrogens is 1. The smallest absolute Gasteiger partial charge is 0.257 e. The van der Waals surface area contributed by atoms with Crippen LogP contribution in [-0.4, -0.2) is 65.1 Å². The molecule has 7 nitrogen and oxygen atoms in total. The first-order valence-electron chi connectivity index (χ1n) is 10.5. The number of aryl methyl sites for hydroxylation is 1. The molecule has 0 aliphatic carbocycles. The topological polar surface area (TPSA) is 78.5 Å². The average Bonchev–Trinajstić information content (AvgIpc) is 3.25. The summed E-state index contributed by atoms with van der Waals surface area (Å²) in [6, 6.07) is 5.12. The summed E-state index contributed by atoms with van der Waals surface area (Å²) in [7, 11) is 1.78. The lowest BCUT2D eigenvalue weighted by molar-refractivity contribution is -0.131. The van der Waals surface area contributed by atoms with Crippen molar-refractivity contribution in [1.82, 2.24) is 20.0 Å². The van der Waals surface area contributed by atoms with Crippen molar-refractivity contribution in [3.05, 3.63) is 46.7 Å². The number of aromatic nitrogens is 2. The third-order valence-corrected chi connectivity index (χ3v) is 5.52. The zero-order valence-electron chi connectivity index (χ0n) is 17.4. The van der Waals surface area contributed by atoms with Crippen LogP contribution in [0.25, 0.3) is 0 Å². The lowest BCUT2D eigenvalue weighted by Crippen LogP contribution is -2.34. The highest BCUT2D eigenvalue weighted by Gasteiger charge is 2.19. The summed E-state index contributed by atoms with van der Waals surface area (Å²) in [5.74, 6) is 0.609. The van der Waals surface area contributed by atoms with E-state index in [0.717, 1.165) is 31.2 Å². The van der Waals surface area contributed by atoms with Crippen LogP contribution >= 0.6 is 11.6 Å². The maximum atomic E-state index is 12.8. The van der Waals surface area contributed by atoms with E-state index in [1.165, 1.54) is 0 Å². The van der Waals surface area contributed by atoms with E-state index in [1.54, 1.807) is 36.3 Å². The van der Waals surface area contributed by atoms with Gasteiger partial charge in [-0.1, -0.05) is 11.6 Å². The molecule has 2 amide bonds. The van der Waals surface area contributed by atoms with Crippen LogP contribution in [0.4, 0.5) is 0 Å². The number of fused-ring (bicyclic) bond motifs is 1. The van der Waals surface area contributed by atoms with E-state index in [2.05, 4.69) is 10.2 Å². The summed E-state index contributed by atoms with van der Waals surface area (Å²) in [6.45, 7) is 2.40. The van der Waals surface area contributed by atoms with E-state index < -0.39 is 0 Å². The van der Waals surface area contributed by atoms with Gasteiger partial charge in [-0.3, -0.25) is 14.7 Å². The predicted octanol–water partition coefficient (Wildman–Crippen LogP) is 3.55.